The van der Waals surface area contributed by atoms with Gasteiger partial charge in [0.1, 0.15) is 0 Å². The third-order valence-electron chi connectivity index (χ3n) is 3.29. The van der Waals surface area contributed by atoms with Crippen molar-refractivity contribution in [2.24, 2.45) is 0 Å². The third kappa shape index (κ3) is 2.01. The molecule has 0 aliphatic carbocycles. The van der Waals surface area contributed by atoms with Crippen molar-refractivity contribution in [1.29, 1.82) is 0 Å². The highest BCUT2D eigenvalue weighted by atomic mass is 32.1. The van der Waals surface area contributed by atoms with E-state index in [4.69, 9.17) is 17.4 Å². The van der Waals surface area contributed by atoms with Crippen molar-refractivity contribution in [3.8, 4) is 0 Å². The summed E-state index contributed by atoms with van der Waals surface area (Å²) in [6.45, 7) is 10.3. The number of benzene rings is 1. The van der Waals surface area contributed by atoms with Crippen LogP contribution >= 0.6 is 12.6 Å². The first-order chi connectivity index (χ1) is 7.33. The van der Waals surface area contributed by atoms with Crippen LogP contribution in [0.4, 0.5) is 0 Å². The van der Waals surface area contributed by atoms with Gasteiger partial charge >= 0.3 is 0 Å². The summed E-state index contributed by atoms with van der Waals surface area (Å²) in [5.74, 6) is 0. The first-order valence-corrected chi connectivity index (χ1v) is 6.19. The lowest BCUT2D eigenvalue weighted by molar-refractivity contribution is -0.0100. The van der Waals surface area contributed by atoms with Gasteiger partial charge in [-0.3, -0.25) is 0 Å². The summed E-state index contributed by atoms with van der Waals surface area (Å²) in [5.41, 5.74) is 4.20. The summed E-state index contributed by atoms with van der Waals surface area (Å²) in [6, 6.07) is 6.71. The molecule has 0 unspecified atom stereocenters. The molecule has 1 saturated heterocycles. The van der Waals surface area contributed by atoms with E-state index in [1.807, 2.05) is 0 Å². The van der Waals surface area contributed by atoms with Gasteiger partial charge in [-0.1, -0.05) is 39.0 Å². The number of ether oxygens (including phenoxy) is 1. The van der Waals surface area contributed by atoms with E-state index in [9.17, 15) is 0 Å². The second kappa shape index (κ2) is 3.78. The fourth-order valence-corrected chi connectivity index (χ4v) is 2.46. The van der Waals surface area contributed by atoms with E-state index >= 15 is 0 Å². The number of thiol groups is 1. The smallest absolute Gasteiger partial charge is 0.0847 e. The Morgan fingerprint density at radius 3 is 2.31 bits per heavy atom. The molecular formula is C14H20OS. The van der Waals surface area contributed by atoms with E-state index in [1.54, 1.807) is 0 Å². The third-order valence-corrected chi connectivity index (χ3v) is 3.79. The van der Waals surface area contributed by atoms with Crippen molar-refractivity contribution in [2.45, 2.75) is 37.9 Å². The molecule has 0 atom stereocenters. The van der Waals surface area contributed by atoms with Gasteiger partial charge < -0.3 is 4.74 Å². The molecule has 2 heteroatoms. The van der Waals surface area contributed by atoms with Crippen molar-refractivity contribution in [1.82, 2.24) is 0 Å². The van der Waals surface area contributed by atoms with Gasteiger partial charge in [-0.2, -0.15) is 12.6 Å². The van der Waals surface area contributed by atoms with Gasteiger partial charge in [0.05, 0.1) is 18.0 Å². The van der Waals surface area contributed by atoms with Gasteiger partial charge in [0.15, 0.2) is 0 Å². The molecule has 1 aliphatic heterocycles. The quantitative estimate of drug-likeness (QED) is 0.735. The van der Waals surface area contributed by atoms with E-state index in [0.717, 1.165) is 13.2 Å². The normalized spacial score (nSPS) is 19.3. The molecule has 1 heterocycles. The molecule has 0 amide bonds. The number of rotatable bonds is 1. The highest BCUT2D eigenvalue weighted by Gasteiger charge is 2.38. The van der Waals surface area contributed by atoms with Crippen LogP contribution in [0, 0.1) is 6.92 Å². The van der Waals surface area contributed by atoms with Gasteiger partial charge in [0, 0.05) is 0 Å². The second-order valence-corrected chi connectivity index (χ2v) is 6.66. The number of hydrogen-bond donors (Lipinski definition) is 1. The van der Waals surface area contributed by atoms with Crippen LogP contribution in [0.3, 0.4) is 0 Å². The molecule has 0 spiro atoms. The molecule has 16 heavy (non-hydrogen) atoms. The molecule has 0 radical (unpaired) electrons. The molecule has 1 nitrogen and oxygen atoms in total. The minimum absolute atomic E-state index is 0.0641. The molecule has 1 aromatic carbocycles. The summed E-state index contributed by atoms with van der Waals surface area (Å²) in [6.07, 6.45) is 0. The van der Waals surface area contributed by atoms with Crippen molar-refractivity contribution < 1.29 is 4.74 Å². The summed E-state index contributed by atoms with van der Waals surface area (Å²) >= 11 is 4.75. The Hall–Kier alpha value is -0.470. The van der Waals surface area contributed by atoms with Crippen LogP contribution in [0.25, 0.3) is 0 Å². The van der Waals surface area contributed by atoms with Gasteiger partial charge in [-0.25, -0.2) is 0 Å². The lowest BCUT2D eigenvalue weighted by Gasteiger charge is -2.39. The van der Waals surface area contributed by atoms with Crippen LogP contribution in [-0.2, 0) is 14.9 Å². The zero-order valence-electron chi connectivity index (χ0n) is 10.5. The molecule has 1 aromatic rings. The fraction of sp³-hybridized carbons (Fsp3) is 0.571. The molecule has 0 aromatic heterocycles. The van der Waals surface area contributed by atoms with Crippen molar-refractivity contribution >= 4 is 12.6 Å². The predicted molar refractivity (Wildman–Crippen MR) is 71.4 cm³/mol. The molecule has 88 valence electrons. The predicted octanol–water partition coefficient (Wildman–Crippen LogP) is 3.45. The van der Waals surface area contributed by atoms with E-state index in [1.165, 1.54) is 16.7 Å². The molecule has 0 bridgehead atoms. The summed E-state index contributed by atoms with van der Waals surface area (Å²) < 4.78 is 5.23. The standard InChI is InChI=1S/C14H20OS/c1-10-5-6-11(13(2,3)4)7-12(10)14(16)8-15-9-14/h5-7,16H,8-9H2,1-4H3. The first-order valence-electron chi connectivity index (χ1n) is 5.75. The Bertz CT molecular complexity index is 400. The maximum atomic E-state index is 5.30. The van der Waals surface area contributed by atoms with Gasteiger partial charge in [-0.05, 0) is 29.0 Å². The minimum atomic E-state index is -0.0641. The first kappa shape index (κ1) is 12.0. The van der Waals surface area contributed by atoms with Gasteiger partial charge in [0.25, 0.3) is 0 Å². The zero-order valence-corrected chi connectivity index (χ0v) is 11.4. The zero-order chi connectivity index (χ0) is 12.0. The molecular weight excluding hydrogens is 216 g/mol. The van der Waals surface area contributed by atoms with Gasteiger partial charge in [0.2, 0.25) is 0 Å². The van der Waals surface area contributed by atoms with Crippen molar-refractivity contribution in [3.05, 3.63) is 34.9 Å². The van der Waals surface area contributed by atoms with E-state index < -0.39 is 0 Å². The van der Waals surface area contributed by atoms with Crippen LogP contribution in [0.5, 0.6) is 0 Å². The number of aryl methyl sites for hydroxylation is 1. The lowest BCUT2D eigenvalue weighted by atomic mass is 9.82. The Morgan fingerprint density at radius 2 is 1.88 bits per heavy atom. The average Bonchev–Trinajstić information content (AvgIpc) is 2.13. The summed E-state index contributed by atoms with van der Waals surface area (Å²) in [5, 5.41) is 0. The van der Waals surface area contributed by atoms with Crippen LogP contribution in [-0.4, -0.2) is 13.2 Å². The Balaban J connectivity index is 2.45. The van der Waals surface area contributed by atoms with Crippen LogP contribution in [0.15, 0.2) is 18.2 Å². The fourth-order valence-electron chi connectivity index (χ4n) is 2.04. The molecule has 1 fully saturated rings. The highest BCUT2D eigenvalue weighted by Crippen LogP contribution is 2.39. The van der Waals surface area contributed by atoms with Crippen molar-refractivity contribution in [3.63, 3.8) is 0 Å². The topological polar surface area (TPSA) is 9.23 Å². The van der Waals surface area contributed by atoms with E-state index in [0.29, 0.717) is 0 Å². The number of hydrogen-bond acceptors (Lipinski definition) is 2. The Morgan fingerprint density at radius 1 is 1.25 bits per heavy atom. The monoisotopic (exact) mass is 236 g/mol. The van der Waals surface area contributed by atoms with Crippen LogP contribution in [0.2, 0.25) is 0 Å². The molecule has 0 N–H and O–H groups in total. The summed E-state index contributed by atoms with van der Waals surface area (Å²) in [7, 11) is 0. The molecule has 0 saturated carbocycles. The maximum absolute atomic E-state index is 5.30. The van der Waals surface area contributed by atoms with E-state index in [-0.39, 0.29) is 10.2 Å². The molecule has 1 aliphatic rings. The Kier molecular flexibility index (Phi) is 2.83. The Labute approximate surface area is 104 Å². The SMILES string of the molecule is Cc1ccc(C(C)(C)C)cc1C1(S)COC1. The lowest BCUT2D eigenvalue weighted by Crippen LogP contribution is -2.42. The minimum Gasteiger partial charge on any atom is -0.378 e. The van der Waals surface area contributed by atoms with E-state index in [2.05, 4.69) is 45.9 Å². The second-order valence-electron chi connectivity index (χ2n) is 5.80. The maximum Gasteiger partial charge on any atom is 0.0847 e. The largest absolute Gasteiger partial charge is 0.378 e. The van der Waals surface area contributed by atoms with Gasteiger partial charge in [-0.15, -0.1) is 0 Å². The average molecular weight is 236 g/mol. The highest BCUT2D eigenvalue weighted by molar-refractivity contribution is 7.81. The van der Waals surface area contributed by atoms with Crippen LogP contribution in [0.1, 0.15) is 37.5 Å². The van der Waals surface area contributed by atoms with Crippen molar-refractivity contribution in [2.75, 3.05) is 13.2 Å². The summed E-state index contributed by atoms with van der Waals surface area (Å²) in [4.78, 5) is 0. The molecule has 2 rings (SSSR count). The van der Waals surface area contributed by atoms with Crippen LogP contribution < -0.4 is 0 Å².